The van der Waals surface area contributed by atoms with Crippen molar-refractivity contribution in [2.75, 3.05) is 0 Å². The van der Waals surface area contributed by atoms with Gasteiger partial charge in [0.05, 0.1) is 4.87 Å². The lowest BCUT2D eigenvalue weighted by atomic mass is 9.90. The lowest BCUT2D eigenvalue weighted by Crippen LogP contribution is -2.17. The van der Waals surface area contributed by atoms with E-state index in [0.717, 1.165) is 15.1 Å². The maximum atomic E-state index is 6.75. The van der Waals surface area contributed by atoms with Crippen molar-refractivity contribution in [3.63, 3.8) is 0 Å². The normalized spacial score (nSPS) is 22.6. The molecule has 19 heavy (non-hydrogen) atoms. The van der Waals surface area contributed by atoms with E-state index in [1.165, 1.54) is 10.8 Å². The van der Waals surface area contributed by atoms with Gasteiger partial charge in [0.15, 0.2) is 0 Å². The number of allylic oxidation sites excluding steroid dienone is 4. The van der Waals surface area contributed by atoms with Gasteiger partial charge in [0, 0.05) is 9.51 Å². The molecule has 0 aliphatic heterocycles. The fourth-order valence-electron chi connectivity index (χ4n) is 2.35. The fourth-order valence-corrected chi connectivity index (χ4v) is 3.75. The van der Waals surface area contributed by atoms with Gasteiger partial charge >= 0.3 is 0 Å². The van der Waals surface area contributed by atoms with Crippen LogP contribution in [-0.2, 0) is 4.87 Å². The van der Waals surface area contributed by atoms with Crippen molar-refractivity contribution in [3.05, 3.63) is 69.7 Å². The van der Waals surface area contributed by atoms with E-state index in [1.807, 2.05) is 30.4 Å². The molecule has 0 bridgehead atoms. The van der Waals surface area contributed by atoms with Crippen LogP contribution in [-0.4, -0.2) is 0 Å². The molecule has 1 aliphatic carbocycles. The molecule has 3 heteroatoms. The van der Waals surface area contributed by atoms with Crippen molar-refractivity contribution < 1.29 is 0 Å². The van der Waals surface area contributed by atoms with Gasteiger partial charge in [-0.15, -0.1) is 11.6 Å². The molecule has 0 radical (unpaired) electrons. The molecule has 0 fully saturated rings. The van der Waals surface area contributed by atoms with E-state index in [0.29, 0.717) is 6.42 Å². The monoisotopic (exact) mass is 352 g/mol. The zero-order chi connectivity index (χ0) is 13.5. The molecule has 2 aromatic carbocycles. The first-order valence-electron chi connectivity index (χ1n) is 6.02. The summed E-state index contributed by atoms with van der Waals surface area (Å²) < 4.78 is 1.05. The van der Waals surface area contributed by atoms with Gasteiger partial charge < -0.3 is 0 Å². The summed E-state index contributed by atoms with van der Waals surface area (Å²) >= 11 is 16.4. The molecule has 1 atom stereocenters. The molecular weight excluding hydrogens is 343 g/mol. The maximum absolute atomic E-state index is 6.75. The largest absolute Gasteiger partial charge is 0.109 e. The lowest BCUT2D eigenvalue weighted by molar-refractivity contribution is 0.759. The van der Waals surface area contributed by atoms with Gasteiger partial charge in [0.2, 0.25) is 0 Å². The van der Waals surface area contributed by atoms with Crippen molar-refractivity contribution in [1.82, 2.24) is 0 Å². The Morgan fingerprint density at radius 3 is 2.63 bits per heavy atom. The molecule has 96 valence electrons. The van der Waals surface area contributed by atoms with Crippen LogP contribution in [0.15, 0.2) is 64.1 Å². The highest BCUT2D eigenvalue weighted by Crippen LogP contribution is 2.44. The summed E-state index contributed by atoms with van der Waals surface area (Å²) in [5.41, 5.74) is 1.07. The minimum atomic E-state index is -0.527. The van der Waals surface area contributed by atoms with Crippen LogP contribution in [0.1, 0.15) is 12.0 Å². The average Bonchev–Trinajstić information content (AvgIpc) is 2.43. The summed E-state index contributed by atoms with van der Waals surface area (Å²) in [7, 11) is 0. The quantitative estimate of drug-likeness (QED) is 0.542. The van der Waals surface area contributed by atoms with Crippen molar-refractivity contribution in [3.8, 4) is 0 Å². The molecule has 0 aromatic heterocycles. The summed E-state index contributed by atoms with van der Waals surface area (Å²) in [6.45, 7) is 0. The number of hydrogen-bond donors (Lipinski definition) is 0. The van der Waals surface area contributed by atoms with Crippen LogP contribution < -0.4 is 0 Å². The molecule has 0 spiro atoms. The van der Waals surface area contributed by atoms with E-state index in [4.69, 9.17) is 23.2 Å². The summed E-state index contributed by atoms with van der Waals surface area (Å²) in [5.74, 6) is 0. The van der Waals surface area contributed by atoms with E-state index >= 15 is 0 Å². The summed E-state index contributed by atoms with van der Waals surface area (Å²) in [4.78, 5) is -0.527. The predicted octanol–water partition coefficient (Wildman–Crippen LogP) is 6.12. The molecule has 3 rings (SSSR count). The van der Waals surface area contributed by atoms with Crippen molar-refractivity contribution in [2.45, 2.75) is 11.3 Å². The van der Waals surface area contributed by atoms with E-state index in [1.54, 1.807) is 0 Å². The minimum absolute atomic E-state index is 0.527. The highest BCUT2D eigenvalue weighted by Gasteiger charge is 2.30. The topological polar surface area (TPSA) is 0 Å². The van der Waals surface area contributed by atoms with Crippen LogP contribution in [0.3, 0.4) is 0 Å². The van der Waals surface area contributed by atoms with Gasteiger partial charge in [-0.1, -0.05) is 60.2 Å². The molecular formula is C16H11BrCl2. The zero-order valence-electron chi connectivity index (χ0n) is 10.0. The number of halogens is 3. The second kappa shape index (κ2) is 4.97. The van der Waals surface area contributed by atoms with Gasteiger partial charge in [-0.05, 0) is 44.8 Å². The first-order chi connectivity index (χ1) is 9.10. The highest BCUT2D eigenvalue weighted by molar-refractivity contribution is 9.10. The Balaban J connectivity index is 2.16. The van der Waals surface area contributed by atoms with Crippen LogP contribution in [0.25, 0.3) is 10.8 Å². The van der Waals surface area contributed by atoms with Crippen LogP contribution >= 0.6 is 39.1 Å². The van der Waals surface area contributed by atoms with Crippen molar-refractivity contribution >= 4 is 49.9 Å². The van der Waals surface area contributed by atoms with E-state index in [9.17, 15) is 0 Å². The summed E-state index contributed by atoms with van der Waals surface area (Å²) in [6, 6.07) is 12.4. The highest BCUT2D eigenvalue weighted by atomic mass is 79.9. The van der Waals surface area contributed by atoms with Gasteiger partial charge in [-0.2, -0.15) is 0 Å². The molecule has 1 aliphatic rings. The summed E-state index contributed by atoms with van der Waals surface area (Å²) in [6.07, 6.45) is 6.47. The van der Waals surface area contributed by atoms with Crippen LogP contribution in [0.2, 0.25) is 0 Å². The molecule has 0 N–H and O–H groups in total. The third-order valence-corrected chi connectivity index (χ3v) is 5.03. The maximum Gasteiger partial charge on any atom is 0.0924 e. The third-order valence-electron chi connectivity index (χ3n) is 3.41. The molecule has 0 saturated heterocycles. The van der Waals surface area contributed by atoms with E-state index in [2.05, 4.69) is 40.2 Å². The third kappa shape index (κ3) is 2.35. The Hall–Kier alpha value is -0.760. The Labute approximate surface area is 130 Å². The van der Waals surface area contributed by atoms with Gasteiger partial charge in [0.25, 0.3) is 0 Å². The van der Waals surface area contributed by atoms with Crippen molar-refractivity contribution in [2.24, 2.45) is 0 Å². The van der Waals surface area contributed by atoms with Crippen LogP contribution in [0, 0.1) is 0 Å². The Morgan fingerprint density at radius 2 is 1.89 bits per heavy atom. The number of fused-ring (bicyclic) bond motifs is 1. The lowest BCUT2D eigenvalue weighted by Gasteiger charge is -2.27. The van der Waals surface area contributed by atoms with Gasteiger partial charge in [0.1, 0.15) is 0 Å². The number of rotatable bonds is 1. The SMILES string of the molecule is ClC1=CCC(Cl)(c2ccc3ccccc3c2Br)C=C1. The second-order valence-corrected chi connectivity index (χ2v) is 6.54. The standard InChI is InChI=1S/C16H11BrCl2/c17-15-13-4-2-1-3-11(13)5-6-14(15)16(19)9-7-12(18)8-10-16/h1-9H,10H2. The first-order valence-corrected chi connectivity index (χ1v) is 7.57. The number of benzene rings is 2. The summed E-state index contributed by atoms with van der Waals surface area (Å²) in [5, 5.41) is 3.12. The molecule has 0 amide bonds. The van der Waals surface area contributed by atoms with Crippen LogP contribution in [0.5, 0.6) is 0 Å². The smallest absolute Gasteiger partial charge is 0.0924 e. The van der Waals surface area contributed by atoms with E-state index in [-0.39, 0.29) is 0 Å². The molecule has 2 aromatic rings. The number of alkyl halides is 1. The first kappa shape index (κ1) is 13.2. The minimum Gasteiger partial charge on any atom is -0.109 e. The Kier molecular flexibility index (Phi) is 3.46. The molecule has 0 saturated carbocycles. The molecule has 1 unspecified atom stereocenters. The molecule has 0 heterocycles. The Bertz CT molecular complexity index is 703. The van der Waals surface area contributed by atoms with Gasteiger partial charge in [-0.3, -0.25) is 0 Å². The van der Waals surface area contributed by atoms with Gasteiger partial charge in [-0.25, -0.2) is 0 Å². The molecule has 0 nitrogen and oxygen atoms in total. The fraction of sp³-hybridized carbons (Fsp3) is 0.125. The second-order valence-electron chi connectivity index (χ2n) is 4.64. The average molecular weight is 354 g/mol. The zero-order valence-corrected chi connectivity index (χ0v) is 13.1. The number of hydrogen-bond acceptors (Lipinski definition) is 0. The predicted molar refractivity (Wildman–Crippen MR) is 86.9 cm³/mol. The van der Waals surface area contributed by atoms with E-state index < -0.39 is 4.87 Å². The van der Waals surface area contributed by atoms with Crippen LogP contribution in [0.4, 0.5) is 0 Å². The Morgan fingerprint density at radius 1 is 1.11 bits per heavy atom. The van der Waals surface area contributed by atoms with Crippen molar-refractivity contribution in [1.29, 1.82) is 0 Å².